The second-order valence-electron chi connectivity index (χ2n) is 7.22. The first-order chi connectivity index (χ1) is 13.3. The normalized spacial score (nSPS) is 14.9. The third kappa shape index (κ3) is 3.19. The molecule has 0 saturated heterocycles. The number of nitrogens with one attached hydrogen (secondary N) is 2. The van der Waals surface area contributed by atoms with Gasteiger partial charge in [0.2, 0.25) is 5.89 Å². The van der Waals surface area contributed by atoms with Crippen LogP contribution in [-0.2, 0) is 10.0 Å². The van der Waals surface area contributed by atoms with E-state index in [1.165, 1.54) is 12.1 Å². The highest BCUT2D eigenvalue weighted by atomic mass is 32.2. The van der Waals surface area contributed by atoms with Gasteiger partial charge in [0.25, 0.3) is 15.9 Å². The van der Waals surface area contributed by atoms with Crippen molar-refractivity contribution in [2.45, 2.75) is 50.8 Å². The average molecular weight is 404 g/mol. The molecular weight excluding hydrogens is 383 g/mol. The number of hydrogen-bond donors (Lipinski definition) is 2. The Balaban J connectivity index is 1.67. The maximum atomic E-state index is 13.8. The van der Waals surface area contributed by atoms with Gasteiger partial charge in [0, 0.05) is 17.2 Å². The molecule has 0 spiro atoms. The lowest BCUT2D eigenvalue weighted by Crippen LogP contribution is -2.14. The summed E-state index contributed by atoms with van der Waals surface area (Å²) in [6.45, 7) is 4.95. The highest BCUT2D eigenvalue weighted by Crippen LogP contribution is 2.37. The van der Waals surface area contributed by atoms with Crippen molar-refractivity contribution in [2.75, 3.05) is 4.72 Å². The van der Waals surface area contributed by atoms with Crippen LogP contribution in [0.25, 0.3) is 11.6 Å². The highest BCUT2D eigenvalue weighted by Gasteiger charge is 2.29. The molecule has 2 aromatic heterocycles. The lowest BCUT2D eigenvalue weighted by molar-refractivity contribution is 0.338. The van der Waals surface area contributed by atoms with E-state index >= 15 is 0 Å². The van der Waals surface area contributed by atoms with Crippen molar-refractivity contribution in [1.29, 1.82) is 0 Å². The van der Waals surface area contributed by atoms with Crippen LogP contribution in [0.15, 0.2) is 27.5 Å². The summed E-state index contributed by atoms with van der Waals surface area (Å²) in [6.07, 6.45) is 3.21. The van der Waals surface area contributed by atoms with E-state index in [1.807, 2.05) is 0 Å². The van der Waals surface area contributed by atoms with Crippen molar-refractivity contribution >= 4 is 15.7 Å². The predicted molar refractivity (Wildman–Crippen MR) is 102 cm³/mol. The standard InChI is InChI=1S/C19H21FN4O3S/c1-10-7-8-14(9-15(10)20)24-28(25,26)17-11(2)16(21-12(17)3)19-23-22-18(27-19)13-5-4-6-13/h7-9,13,21,24H,4-6H2,1-3H3. The molecule has 1 aromatic carbocycles. The van der Waals surface area contributed by atoms with Gasteiger partial charge in [-0.15, -0.1) is 10.2 Å². The fourth-order valence-corrected chi connectivity index (χ4v) is 4.87. The Kier molecular flexibility index (Phi) is 4.49. The molecule has 0 aliphatic heterocycles. The summed E-state index contributed by atoms with van der Waals surface area (Å²) in [5.74, 6) is 0.674. The minimum atomic E-state index is -3.93. The first-order valence-electron chi connectivity index (χ1n) is 9.08. The number of aromatic nitrogens is 3. The molecule has 1 saturated carbocycles. The fraction of sp³-hybridized carbons (Fsp3) is 0.368. The SMILES string of the molecule is Cc1ccc(NS(=O)(=O)c2c(C)[nH]c(-c3nnc(C4CCC4)o3)c2C)cc1F. The van der Waals surface area contributed by atoms with Gasteiger partial charge < -0.3 is 9.40 Å². The van der Waals surface area contributed by atoms with Gasteiger partial charge in [0.05, 0.1) is 5.69 Å². The van der Waals surface area contributed by atoms with Gasteiger partial charge in [0.1, 0.15) is 16.4 Å². The quantitative estimate of drug-likeness (QED) is 0.664. The third-order valence-electron chi connectivity index (χ3n) is 5.17. The number of rotatable bonds is 5. The van der Waals surface area contributed by atoms with Crippen LogP contribution in [0.2, 0.25) is 0 Å². The Morgan fingerprint density at radius 1 is 1.21 bits per heavy atom. The first kappa shape index (κ1) is 18.7. The molecule has 7 nitrogen and oxygen atoms in total. The van der Waals surface area contributed by atoms with Gasteiger partial charge in [-0.25, -0.2) is 12.8 Å². The van der Waals surface area contributed by atoms with Gasteiger partial charge >= 0.3 is 0 Å². The van der Waals surface area contributed by atoms with E-state index < -0.39 is 15.8 Å². The summed E-state index contributed by atoms with van der Waals surface area (Å²) >= 11 is 0. The Hall–Kier alpha value is -2.68. The van der Waals surface area contributed by atoms with E-state index in [9.17, 15) is 12.8 Å². The number of aryl methyl sites for hydroxylation is 2. The molecule has 1 fully saturated rings. The molecule has 9 heteroatoms. The van der Waals surface area contributed by atoms with Crippen LogP contribution >= 0.6 is 0 Å². The molecule has 28 heavy (non-hydrogen) atoms. The highest BCUT2D eigenvalue weighted by molar-refractivity contribution is 7.92. The Labute approximate surface area is 162 Å². The third-order valence-corrected chi connectivity index (χ3v) is 6.82. The minimum Gasteiger partial charge on any atom is -0.419 e. The monoisotopic (exact) mass is 404 g/mol. The number of aromatic amines is 1. The van der Waals surface area contributed by atoms with Crippen molar-refractivity contribution < 1.29 is 17.2 Å². The molecule has 0 atom stereocenters. The van der Waals surface area contributed by atoms with Crippen LogP contribution in [0.4, 0.5) is 10.1 Å². The molecule has 3 aromatic rings. The molecule has 1 aliphatic carbocycles. The molecule has 0 bridgehead atoms. The van der Waals surface area contributed by atoms with E-state index in [0.717, 1.165) is 25.3 Å². The van der Waals surface area contributed by atoms with Crippen molar-refractivity contribution in [3.63, 3.8) is 0 Å². The second kappa shape index (κ2) is 6.73. The molecule has 0 unspecified atom stereocenters. The molecule has 4 rings (SSSR count). The maximum absolute atomic E-state index is 13.8. The summed E-state index contributed by atoms with van der Waals surface area (Å²) in [5, 5.41) is 8.18. The van der Waals surface area contributed by atoms with Crippen molar-refractivity contribution in [1.82, 2.24) is 15.2 Å². The van der Waals surface area contributed by atoms with Crippen LogP contribution in [-0.4, -0.2) is 23.6 Å². The van der Waals surface area contributed by atoms with Gasteiger partial charge in [0.15, 0.2) is 0 Å². The predicted octanol–water partition coefficient (Wildman–Crippen LogP) is 4.20. The Morgan fingerprint density at radius 3 is 2.61 bits per heavy atom. The zero-order valence-electron chi connectivity index (χ0n) is 15.8. The first-order valence-corrected chi connectivity index (χ1v) is 10.6. The number of sulfonamides is 1. The van der Waals surface area contributed by atoms with E-state index in [-0.39, 0.29) is 16.5 Å². The molecule has 0 amide bonds. The van der Waals surface area contributed by atoms with Crippen LogP contribution < -0.4 is 4.72 Å². The fourth-order valence-electron chi connectivity index (χ4n) is 3.37. The van der Waals surface area contributed by atoms with E-state index in [2.05, 4.69) is 19.9 Å². The molecule has 1 aliphatic rings. The zero-order chi connectivity index (χ0) is 20.1. The van der Waals surface area contributed by atoms with Gasteiger partial charge in [-0.05, 0) is 51.3 Å². The smallest absolute Gasteiger partial charge is 0.264 e. The number of hydrogen-bond acceptors (Lipinski definition) is 5. The Bertz CT molecular complexity index is 1150. The molecule has 2 heterocycles. The molecular formula is C19H21FN4O3S. The van der Waals surface area contributed by atoms with E-state index in [4.69, 9.17) is 4.42 Å². The summed E-state index contributed by atoms with van der Waals surface area (Å²) in [6, 6.07) is 4.21. The number of benzene rings is 1. The summed E-state index contributed by atoms with van der Waals surface area (Å²) < 4.78 is 47.8. The van der Waals surface area contributed by atoms with Gasteiger partial charge in [-0.3, -0.25) is 4.72 Å². The minimum absolute atomic E-state index is 0.0897. The van der Waals surface area contributed by atoms with Crippen molar-refractivity contribution in [3.8, 4) is 11.6 Å². The van der Waals surface area contributed by atoms with E-state index in [1.54, 1.807) is 20.8 Å². The molecule has 0 radical (unpaired) electrons. The summed E-state index contributed by atoms with van der Waals surface area (Å²) in [5.41, 5.74) is 2.00. The summed E-state index contributed by atoms with van der Waals surface area (Å²) in [4.78, 5) is 3.13. The van der Waals surface area contributed by atoms with Crippen LogP contribution in [0, 0.1) is 26.6 Å². The van der Waals surface area contributed by atoms with E-state index in [0.29, 0.717) is 34.3 Å². The Morgan fingerprint density at radius 2 is 1.96 bits per heavy atom. The second-order valence-corrected chi connectivity index (χ2v) is 8.84. The largest absolute Gasteiger partial charge is 0.419 e. The van der Waals surface area contributed by atoms with Crippen molar-refractivity contribution in [3.05, 3.63) is 46.7 Å². The summed E-state index contributed by atoms with van der Waals surface area (Å²) in [7, 11) is -3.93. The number of H-pyrrole nitrogens is 1. The van der Waals surface area contributed by atoms with Crippen LogP contribution in [0.3, 0.4) is 0 Å². The zero-order valence-corrected chi connectivity index (χ0v) is 16.7. The molecule has 148 valence electrons. The van der Waals surface area contributed by atoms with Gasteiger partial charge in [-0.2, -0.15) is 0 Å². The lowest BCUT2D eigenvalue weighted by Gasteiger charge is -2.20. The lowest BCUT2D eigenvalue weighted by atomic mass is 9.85. The topological polar surface area (TPSA) is 101 Å². The number of anilines is 1. The van der Waals surface area contributed by atoms with Crippen LogP contribution in [0.5, 0.6) is 0 Å². The maximum Gasteiger partial charge on any atom is 0.264 e. The van der Waals surface area contributed by atoms with Crippen LogP contribution in [0.1, 0.15) is 47.9 Å². The van der Waals surface area contributed by atoms with Crippen molar-refractivity contribution in [2.24, 2.45) is 0 Å². The number of halogens is 1. The van der Waals surface area contributed by atoms with Gasteiger partial charge in [-0.1, -0.05) is 12.5 Å². The molecule has 2 N–H and O–H groups in total. The average Bonchev–Trinajstić information content (AvgIpc) is 3.14. The number of nitrogens with zero attached hydrogens (tertiary/aromatic N) is 2.